The first kappa shape index (κ1) is 22.8. The molecule has 2 atom stereocenters. The van der Waals surface area contributed by atoms with Crippen LogP contribution in [0.4, 0.5) is 5.95 Å². The van der Waals surface area contributed by atoms with Crippen molar-refractivity contribution in [3.63, 3.8) is 0 Å². The van der Waals surface area contributed by atoms with Crippen molar-refractivity contribution in [1.29, 1.82) is 0 Å². The molecule has 8 nitrogen and oxygen atoms in total. The second-order valence-electron chi connectivity index (χ2n) is 7.79. The number of carbonyl (C=O) groups excluding carboxylic acids is 2. The molecule has 174 valence electrons. The van der Waals surface area contributed by atoms with Crippen LogP contribution in [0.2, 0.25) is 0 Å². The molecule has 0 unspecified atom stereocenters. The lowest BCUT2D eigenvalue weighted by atomic mass is 9.89. The molecule has 0 saturated carbocycles. The molecule has 1 amide bonds. The minimum atomic E-state index is -1.05. The van der Waals surface area contributed by atoms with Gasteiger partial charge in [-0.25, -0.2) is 4.98 Å². The number of ether oxygens (including phenoxy) is 3. The smallest absolute Gasteiger partial charge is 0.321 e. The van der Waals surface area contributed by atoms with Crippen LogP contribution in [0.25, 0.3) is 11.0 Å². The molecule has 3 aromatic rings. The Kier molecular flexibility index (Phi) is 6.93. The zero-order chi connectivity index (χ0) is 23.4. The summed E-state index contributed by atoms with van der Waals surface area (Å²) in [6.07, 6.45) is 0.617. The molecule has 0 bridgehead atoms. The minimum absolute atomic E-state index is 0.190. The number of hydrogen-bond acceptors (Lipinski definition) is 6. The van der Waals surface area contributed by atoms with Crippen molar-refractivity contribution in [2.45, 2.75) is 26.3 Å². The maximum atomic E-state index is 13.8. The van der Waals surface area contributed by atoms with Gasteiger partial charge in [0, 0.05) is 20.3 Å². The number of carbonyl (C=O) groups is 2. The zero-order valence-corrected chi connectivity index (χ0v) is 19.2. The Labute approximate surface area is 193 Å². The second-order valence-corrected chi connectivity index (χ2v) is 7.79. The number of imidazole rings is 1. The van der Waals surface area contributed by atoms with Gasteiger partial charge in [-0.3, -0.25) is 14.5 Å². The molecule has 1 aliphatic rings. The van der Waals surface area contributed by atoms with Crippen LogP contribution in [0.15, 0.2) is 48.5 Å². The average molecular weight is 452 g/mol. The minimum Gasteiger partial charge on any atom is -0.494 e. The number of fused-ring (bicyclic) bond motifs is 3. The second kappa shape index (κ2) is 10.0. The lowest BCUT2D eigenvalue weighted by Gasteiger charge is -2.38. The summed E-state index contributed by atoms with van der Waals surface area (Å²) >= 11 is 0. The lowest BCUT2D eigenvalue weighted by Crippen LogP contribution is -2.50. The number of esters is 1. The van der Waals surface area contributed by atoms with Crippen LogP contribution >= 0.6 is 0 Å². The van der Waals surface area contributed by atoms with E-state index >= 15 is 0 Å². The van der Waals surface area contributed by atoms with Gasteiger partial charge in [0.25, 0.3) is 0 Å². The maximum absolute atomic E-state index is 13.8. The third kappa shape index (κ3) is 4.30. The average Bonchev–Trinajstić information content (AvgIpc) is 3.19. The highest BCUT2D eigenvalue weighted by Gasteiger charge is 2.47. The van der Waals surface area contributed by atoms with E-state index in [0.29, 0.717) is 37.9 Å². The Hall–Kier alpha value is -3.39. The lowest BCUT2D eigenvalue weighted by molar-refractivity contribution is -0.153. The molecular formula is C25H29N3O5. The molecule has 0 spiro atoms. The number of amides is 1. The van der Waals surface area contributed by atoms with Crippen molar-refractivity contribution < 1.29 is 23.8 Å². The van der Waals surface area contributed by atoms with Crippen LogP contribution < -0.4 is 9.64 Å². The third-order valence-corrected chi connectivity index (χ3v) is 5.73. The van der Waals surface area contributed by atoms with Crippen LogP contribution in [0.5, 0.6) is 5.75 Å². The predicted octanol–water partition coefficient (Wildman–Crippen LogP) is 3.59. The Morgan fingerprint density at radius 2 is 1.91 bits per heavy atom. The third-order valence-electron chi connectivity index (χ3n) is 5.73. The van der Waals surface area contributed by atoms with Crippen LogP contribution in [-0.2, 0) is 19.1 Å². The summed E-state index contributed by atoms with van der Waals surface area (Å²) in [6, 6.07) is 14.6. The van der Waals surface area contributed by atoms with E-state index in [-0.39, 0.29) is 12.5 Å². The van der Waals surface area contributed by atoms with E-state index in [2.05, 4.69) is 0 Å². The van der Waals surface area contributed by atoms with E-state index in [1.807, 2.05) is 60.0 Å². The van der Waals surface area contributed by atoms with E-state index in [0.717, 1.165) is 16.6 Å². The molecule has 0 N–H and O–H groups in total. The molecule has 0 aliphatic carbocycles. The Bertz CT molecular complexity index is 1140. The molecular weight excluding hydrogens is 422 g/mol. The van der Waals surface area contributed by atoms with Gasteiger partial charge in [0.1, 0.15) is 5.75 Å². The van der Waals surface area contributed by atoms with Crippen molar-refractivity contribution >= 4 is 28.9 Å². The number of nitrogens with zero attached hydrogens (tertiary/aromatic N) is 3. The van der Waals surface area contributed by atoms with E-state index in [9.17, 15) is 9.59 Å². The molecule has 2 heterocycles. The number of aromatic nitrogens is 2. The van der Waals surface area contributed by atoms with Crippen molar-refractivity contribution in [3.05, 3.63) is 54.1 Å². The van der Waals surface area contributed by atoms with Crippen molar-refractivity contribution in [2.75, 3.05) is 38.4 Å². The van der Waals surface area contributed by atoms with Gasteiger partial charge in [0.2, 0.25) is 11.9 Å². The fraction of sp³-hybridized carbons (Fsp3) is 0.400. The standard InChI is InChI=1S/C25H29N3O5/c1-4-32-18-11-8-10-17(16-18)22-21(24(30)33-5-2)23(29)27(14-9-15-31-3)25-26-19-12-6-7-13-20(19)28(22)25/h6-8,10-13,16,21-22H,4-5,9,14-15H2,1-3H3/t21-,22+/m1/s1. The van der Waals surface area contributed by atoms with Crippen molar-refractivity contribution in [2.24, 2.45) is 5.92 Å². The number of rotatable bonds is 9. The molecule has 33 heavy (non-hydrogen) atoms. The van der Waals surface area contributed by atoms with E-state index in [4.69, 9.17) is 19.2 Å². The molecule has 0 radical (unpaired) electrons. The number of anilines is 1. The molecule has 4 rings (SSSR count). The van der Waals surface area contributed by atoms with Gasteiger partial charge in [-0.2, -0.15) is 0 Å². The van der Waals surface area contributed by atoms with Crippen LogP contribution in [0.1, 0.15) is 31.9 Å². The maximum Gasteiger partial charge on any atom is 0.321 e. The Morgan fingerprint density at radius 3 is 2.67 bits per heavy atom. The first-order valence-electron chi connectivity index (χ1n) is 11.3. The molecule has 1 aliphatic heterocycles. The van der Waals surface area contributed by atoms with Gasteiger partial charge >= 0.3 is 5.97 Å². The van der Waals surface area contributed by atoms with Gasteiger partial charge in [-0.15, -0.1) is 0 Å². The summed E-state index contributed by atoms with van der Waals surface area (Å²) in [5.41, 5.74) is 2.39. The van der Waals surface area contributed by atoms with Crippen molar-refractivity contribution in [1.82, 2.24) is 9.55 Å². The quantitative estimate of drug-likeness (QED) is 0.281. The monoisotopic (exact) mass is 451 g/mol. The summed E-state index contributed by atoms with van der Waals surface area (Å²) < 4.78 is 18.2. The van der Waals surface area contributed by atoms with E-state index < -0.39 is 17.9 Å². The zero-order valence-electron chi connectivity index (χ0n) is 19.2. The number of methoxy groups -OCH3 is 1. The van der Waals surface area contributed by atoms with Crippen molar-refractivity contribution in [3.8, 4) is 5.75 Å². The molecule has 0 fully saturated rings. The Morgan fingerprint density at radius 1 is 1.09 bits per heavy atom. The number of hydrogen-bond donors (Lipinski definition) is 0. The van der Waals surface area contributed by atoms with E-state index in [1.165, 1.54) is 0 Å². The highest BCUT2D eigenvalue weighted by atomic mass is 16.5. The summed E-state index contributed by atoms with van der Waals surface area (Å²) in [4.78, 5) is 33.3. The fourth-order valence-corrected chi connectivity index (χ4v) is 4.38. The van der Waals surface area contributed by atoms with Gasteiger partial charge < -0.3 is 18.8 Å². The Balaban J connectivity index is 1.93. The van der Waals surface area contributed by atoms with Crippen LogP contribution in [-0.4, -0.2) is 54.9 Å². The summed E-state index contributed by atoms with van der Waals surface area (Å²) in [5, 5.41) is 0. The molecule has 8 heteroatoms. The first-order chi connectivity index (χ1) is 16.1. The molecule has 0 saturated heterocycles. The van der Waals surface area contributed by atoms with Crippen LogP contribution in [0.3, 0.4) is 0 Å². The van der Waals surface area contributed by atoms with Gasteiger partial charge in [-0.05, 0) is 50.1 Å². The van der Waals surface area contributed by atoms with Gasteiger partial charge in [-0.1, -0.05) is 24.3 Å². The highest BCUT2D eigenvalue weighted by Crippen LogP contribution is 2.42. The van der Waals surface area contributed by atoms with Gasteiger partial charge in [0.05, 0.1) is 30.3 Å². The van der Waals surface area contributed by atoms with Gasteiger partial charge in [0.15, 0.2) is 5.92 Å². The highest BCUT2D eigenvalue weighted by molar-refractivity contribution is 6.08. The SMILES string of the molecule is CCOC(=O)[C@H]1C(=O)N(CCCOC)c2nc3ccccc3n2[C@H]1c1cccc(OCC)c1. The largest absolute Gasteiger partial charge is 0.494 e. The topological polar surface area (TPSA) is 82.9 Å². The number of benzene rings is 2. The fourth-order valence-electron chi connectivity index (χ4n) is 4.38. The van der Waals surface area contributed by atoms with E-state index in [1.54, 1.807) is 18.9 Å². The number of para-hydroxylation sites is 2. The predicted molar refractivity (Wildman–Crippen MR) is 124 cm³/mol. The molecule has 2 aromatic carbocycles. The molecule has 1 aromatic heterocycles. The van der Waals surface area contributed by atoms with Crippen LogP contribution in [0, 0.1) is 5.92 Å². The first-order valence-corrected chi connectivity index (χ1v) is 11.3. The summed E-state index contributed by atoms with van der Waals surface area (Å²) in [6.45, 7) is 5.24. The normalized spacial score (nSPS) is 17.8. The summed E-state index contributed by atoms with van der Waals surface area (Å²) in [7, 11) is 1.62. The summed E-state index contributed by atoms with van der Waals surface area (Å²) in [5.74, 6) is -0.716.